The molecular weight excluding hydrogens is 378 g/mol. The first-order chi connectivity index (χ1) is 13.0. The van der Waals surface area contributed by atoms with Crippen LogP contribution in [0, 0.1) is 13.8 Å². The molecule has 27 heavy (non-hydrogen) atoms. The summed E-state index contributed by atoms with van der Waals surface area (Å²) in [4.78, 5) is 30.8. The molecule has 0 fully saturated rings. The van der Waals surface area contributed by atoms with Gasteiger partial charge in [0.25, 0.3) is 5.91 Å². The third-order valence-corrected chi connectivity index (χ3v) is 5.86. The van der Waals surface area contributed by atoms with Crippen LogP contribution in [0.3, 0.4) is 0 Å². The van der Waals surface area contributed by atoms with Gasteiger partial charge in [0.1, 0.15) is 0 Å². The van der Waals surface area contributed by atoms with E-state index in [0.29, 0.717) is 12.1 Å². The van der Waals surface area contributed by atoms with Gasteiger partial charge in [-0.25, -0.2) is 4.98 Å². The molecule has 1 aromatic carbocycles. The van der Waals surface area contributed by atoms with Crippen molar-refractivity contribution in [2.45, 2.75) is 20.3 Å². The number of hydrogen-bond donors (Lipinski definition) is 2. The van der Waals surface area contributed by atoms with Gasteiger partial charge in [-0.05, 0) is 44.5 Å². The zero-order valence-corrected chi connectivity index (χ0v) is 16.9. The summed E-state index contributed by atoms with van der Waals surface area (Å²) in [5.74, 6) is -0.432. The van der Waals surface area contributed by atoms with Crippen LogP contribution < -0.4 is 10.6 Å². The van der Waals surface area contributed by atoms with Crippen LogP contribution in [0.2, 0.25) is 0 Å². The Labute approximate surface area is 166 Å². The summed E-state index contributed by atoms with van der Waals surface area (Å²) >= 11 is 3.33. The van der Waals surface area contributed by atoms with E-state index >= 15 is 0 Å². The van der Waals surface area contributed by atoms with E-state index in [4.69, 9.17) is 0 Å². The van der Waals surface area contributed by atoms with Crippen molar-refractivity contribution in [1.29, 1.82) is 0 Å². The Bertz CT molecular complexity index is 946. The monoisotopic (exact) mass is 399 g/mol. The lowest BCUT2D eigenvalue weighted by atomic mass is 10.1. The summed E-state index contributed by atoms with van der Waals surface area (Å²) in [7, 11) is 0. The lowest BCUT2D eigenvalue weighted by molar-refractivity contribution is -0.120. The maximum atomic E-state index is 12.0. The molecule has 2 amide bonds. The Balaban J connectivity index is 1.41. The van der Waals surface area contributed by atoms with Gasteiger partial charge >= 0.3 is 0 Å². The number of rotatable bonds is 7. The first-order valence-electron chi connectivity index (χ1n) is 8.64. The van der Waals surface area contributed by atoms with Gasteiger partial charge < -0.3 is 10.6 Å². The van der Waals surface area contributed by atoms with Crippen molar-refractivity contribution >= 4 is 34.5 Å². The minimum absolute atomic E-state index is 0.0272. The fourth-order valence-corrected chi connectivity index (χ4v) is 4.22. The summed E-state index contributed by atoms with van der Waals surface area (Å²) in [6, 6.07) is 11.4. The van der Waals surface area contributed by atoms with Crippen molar-refractivity contribution in [3.8, 4) is 10.6 Å². The van der Waals surface area contributed by atoms with E-state index in [1.807, 2.05) is 26.0 Å². The molecule has 7 heteroatoms. The highest BCUT2D eigenvalue weighted by Crippen LogP contribution is 2.29. The van der Waals surface area contributed by atoms with Crippen molar-refractivity contribution in [3.63, 3.8) is 0 Å². The Kier molecular flexibility index (Phi) is 6.36. The average Bonchev–Trinajstić information content (AvgIpc) is 3.28. The highest BCUT2D eigenvalue weighted by atomic mass is 32.1. The van der Waals surface area contributed by atoms with E-state index in [-0.39, 0.29) is 18.4 Å². The molecule has 3 rings (SSSR count). The highest BCUT2D eigenvalue weighted by molar-refractivity contribution is 7.16. The zero-order chi connectivity index (χ0) is 19.2. The van der Waals surface area contributed by atoms with Gasteiger partial charge in [-0.2, -0.15) is 0 Å². The molecule has 0 aliphatic rings. The second kappa shape index (κ2) is 8.92. The lowest BCUT2D eigenvalue weighted by Gasteiger charge is -2.07. The molecule has 0 bridgehead atoms. The number of carbonyl (C=O) groups excluding carboxylic acids is 2. The first kappa shape index (κ1) is 19.3. The number of benzene rings is 1. The van der Waals surface area contributed by atoms with Crippen LogP contribution in [0.15, 0.2) is 41.8 Å². The fraction of sp³-hybridized carbons (Fsp3) is 0.250. The molecule has 0 atom stereocenters. The van der Waals surface area contributed by atoms with Crippen LogP contribution in [0.5, 0.6) is 0 Å². The molecule has 2 heterocycles. The van der Waals surface area contributed by atoms with Crippen molar-refractivity contribution in [3.05, 3.63) is 62.8 Å². The topological polar surface area (TPSA) is 71.1 Å². The summed E-state index contributed by atoms with van der Waals surface area (Å²) in [6.45, 7) is 4.43. The molecule has 0 saturated heterocycles. The molecule has 2 N–H and O–H groups in total. The molecular formula is C20H21N3O2S2. The number of nitrogens with zero attached hydrogens (tertiary/aromatic N) is 1. The summed E-state index contributed by atoms with van der Waals surface area (Å²) in [5, 5.41) is 8.60. The molecule has 0 radical (unpaired) electrons. The van der Waals surface area contributed by atoms with Crippen LogP contribution in [-0.4, -0.2) is 29.9 Å². The Morgan fingerprint density at radius 3 is 2.70 bits per heavy atom. The quantitative estimate of drug-likeness (QED) is 0.638. The Hall–Kier alpha value is -2.51. The lowest BCUT2D eigenvalue weighted by Crippen LogP contribution is -2.37. The summed E-state index contributed by atoms with van der Waals surface area (Å²) in [5.41, 5.74) is 2.58. The normalized spacial score (nSPS) is 10.6. The number of thiophene rings is 1. The minimum atomic E-state index is -0.240. The minimum Gasteiger partial charge on any atom is -0.354 e. The standard InChI is InChI=1S/C20H21N3O2S2/c1-13-4-3-5-15(10-13)20(25)22-11-19(24)21-9-8-16-6-7-18(27-16)17-12-26-14(2)23-17/h3-7,10,12H,8-9,11H2,1-2H3,(H,21,24)(H,22,25). The average molecular weight is 400 g/mol. The number of thiazole rings is 1. The largest absolute Gasteiger partial charge is 0.354 e. The molecule has 0 unspecified atom stereocenters. The highest BCUT2D eigenvalue weighted by Gasteiger charge is 2.09. The molecule has 0 aliphatic carbocycles. The van der Waals surface area contributed by atoms with Crippen LogP contribution in [-0.2, 0) is 11.2 Å². The number of aromatic nitrogens is 1. The molecule has 140 valence electrons. The summed E-state index contributed by atoms with van der Waals surface area (Å²) in [6.07, 6.45) is 0.755. The molecule has 2 aromatic heterocycles. The van der Waals surface area contributed by atoms with Gasteiger partial charge in [-0.15, -0.1) is 22.7 Å². The van der Waals surface area contributed by atoms with E-state index in [2.05, 4.69) is 33.1 Å². The predicted molar refractivity (Wildman–Crippen MR) is 110 cm³/mol. The third kappa shape index (κ3) is 5.48. The maximum Gasteiger partial charge on any atom is 0.251 e. The van der Waals surface area contributed by atoms with Gasteiger partial charge in [0.15, 0.2) is 0 Å². The van der Waals surface area contributed by atoms with Crippen LogP contribution >= 0.6 is 22.7 Å². The second-order valence-electron chi connectivity index (χ2n) is 6.17. The van der Waals surface area contributed by atoms with Gasteiger partial charge in [0, 0.05) is 22.4 Å². The molecule has 5 nitrogen and oxygen atoms in total. The number of aryl methyl sites for hydroxylation is 2. The third-order valence-electron chi connectivity index (χ3n) is 3.92. The van der Waals surface area contributed by atoms with Crippen LogP contribution in [0.25, 0.3) is 10.6 Å². The molecule has 0 aliphatic heterocycles. The molecule has 0 spiro atoms. The van der Waals surface area contributed by atoms with Gasteiger partial charge in [0.2, 0.25) is 5.91 Å². The van der Waals surface area contributed by atoms with E-state index in [1.54, 1.807) is 34.8 Å². The Morgan fingerprint density at radius 1 is 1.11 bits per heavy atom. The SMILES string of the molecule is Cc1cccc(C(=O)NCC(=O)NCCc2ccc(-c3csc(C)n3)s2)c1. The van der Waals surface area contributed by atoms with Gasteiger partial charge in [0.05, 0.1) is 22.1 Å². The number of amides is 2. The summed E-state index contributed by atoms with van der Waals surface area (Å²) < 4.78 is 0. The van der Waals surface area contributed by atoms with Crippen molar-refractivity contribution < 1.29 is 9.59 Å². The maximum absolute atomic E-state index is 12.0. The number of hydrogen-bond acceptors (Lipinski definition) is 5. The predicted octanol–water partition coefficient (Wildman–Crippen LogP) is 3.58. The van der Waals surface area contributed by atoms with Crippen molar-refractivity contribution in [2.75, 3.05) is 13.1 Å². The van der Waals surface area contributed by atoms with Crippen LogP contribution in [0.1, 0.15) is 25.8 Å². The van der Waals surface area contributed by atoms with E-state index in [1.165, 1.54) is 4.88 Å². The van der Waals surface area contributed by atoms with E-state index in [0.717, 1.165) is 27.6 Å². The van der Waals surface area contributed by atoms with Crippen molar-refractivity contribution in [1.82, 2.24) is 15.6 Å². The van der Waals surface area contributed by atoms with E-state index < -0.39 is 0 Å². The van der Waals surface area contributed by atoms with E-state index in [9.17, 15) is 9.59 Å². The van der Waals surface area contributed by atoms with Gasteiger partial charge in [-0.1, -0.05) is 17.7 Å². The Morgan fingerprint density at radius 2 is 1.96 bits per heavy atom. The van der Waals surface area contributed by atoms with Crippen LogP contribution in [0.4, 0.5) is 0 Å². The van der Waals surface area contributed by atoms with Gasteiger partial charge in [-0.3, -0.25) is 9.59 Å². The molecule has 3 aromatic rings. The number of nitrogens with one attached hydrogen (secondary N) is 2. The number of carbonyl (C=O) groups is 2. The first-order valence-corrected chi connectivity index (χ1v) is 10.3. The molecule has 0 saturated carbocycles. The second-order valence-corrected chi connectivity index (χ2v) is 8.40. The smallest absolute Gasteiger partial charge is 0.251 e. The fourth-order valence-electron chi connectivity index (χ4n) is 2.56. The van der Waals surface area contributed by atoms with Crippen molar-refractivity contribution in [2.24, 2.45) is 0 Å². The zero-order valence-electron chi connectivity index (χ0n) is 15.2.